The molecule has 138 valence electrons. The minimum atomic E-state index is -4.62. The Balaban J connectivity index is 2.14. The first-order valence-electron chi connectivity index (χ1n) is 7.67. The lowest BCUT2D eigenvalue weighted by atomic mass is 10.1. The molecule has 2 aromatic carbocycles. The van der Waals surface area contributed by atoms with Crippen LogP contribution >= 0.6 is 11.6 Å². The molecule has 2 rings (SSSR count). The summed E-state index contributed by atoms with van der Waals surface area (Å²) in [6, 6.07) is 8.86. The highest BCUT2D eigenvalue weighted by molar-refractivity contribution is 6.31. The molecule has 2 N–H and O–H groups in total. The molecule has 0 unspecified atom stereocenters. The number of nitrogens with one attached hydrogen (secondary N) is 2. The maximum absolute atomic E-state index is 12.9. The fourth-order valence-electron chi connectivity index (χ4n) is 2.14. The summed E-state index contributed by atoms with van der Waals surface area (Å²) in [6.07, 6.45) is -4.62. The van der Waals surface area contributed by atoms with Gasteiger partial charge in [0, 0.05) is 22.9 Å². The molecule has 0 radical (unpaired) electrons. The Hall–Kier alpha value is -2.54. The maximum atomic E-state index is 12.9. The third-order valence-electron chi connectivity index (χ3n) is 3.36. The van der Waals surface area contributed by atoms with Crippen LogP contribution in [0, 0.1) is 0 Å². The Morgan fingerprint density at radius 3 is 2.00 bits per heavy atom. The van der Waals surface area contributed by atoms with E-state index in [0.717, 1.165) is 12.1 Å². The van der Waals surface area contributed by atoms with Gasteiger partial charge in [0.1, 0.15) is 0 Å². The number of anilines is 1. The normalized spacial score (nSPS) is 11.3. The van der Waals surface area contributed by atoms with Crippen LogP contribution in [0.2, 0.25) is 5.02 Å². The second kappa shape index (κ2) is 7.78. The minimum Gasteiger partial charge on any atom is -0.350 e. The minimum absolute atomic E-state index is 0.0294. The number of carbonyl (C=O) groups is 2. The van der Waals surface area contributed by atoms with Crippen LogP contribution in [0.1, 0.15) is 40.1 Å². The Morgan fingerprint density at radius 1 is 0.962 bits per heavy atom. The van der Waals surface area contributed by atoms with Gasteiger partial charge in [0.25, 0.3) is 11.8 Å². The van der Waals surface area contributed by atoms with E-state index in [2.05, 4.69) is 10.6 Å². The maximum Gasteiger partial charge on any atom is 0.417 e. The van der Waals surface area contributed by atoms with E-state index in [9.17, 15) is 22.8 Å². The Morgan fingerprint density at radius 2 is 1.50 bits per heavy atom. The van der Waals surface area contributed by atoms with E-state index in [1.807, 2.05) is 13.8 Å². The van der Waals surface area contributed by atoms with Crippen molar-refractivity contribution in [2.45, 2.75) is 26.1 Å². The third kappa shape index (κ3) is 4.98. The Bertz CT molecular complexity index is 818. The van der Waals surface area contributed by atoms with Gasteiger partial charge in [0.15, 0.2) is 0 Å². The van der Waals surface area contributed by atoms with Gasteiger partial charge >= 0.3 is 6.18 Å². The Kier molecular flexibility index (Phi) is 5.92. The van der Waals surface area contributed by atoms with Gasteiger partial charge in [0.2, 0.25) is 0 Å². The second-order valence-electron chi connectivity index (χ2n) is 5.85. The summed E-state index contributed by atoms with van der Waals surface area (Å²) in [5.74, 6) is -0.879. The molecule has 0 saturated carbocycles. The number of hydrogen-bond donors (Lipinski definition) is 2. The van der Waals surface area contributed by atoms with E-state index in [1.165, 1.54) is 30.3 Å². The molecule has 0 aliphatic rings. The van der Waals surface area contributed by atoms with Crippen LogP contribution in [0.25, 0.3) is 0 Å². The number of rotatable bonds is 4. The standard InChI is InChI=1S/C18H16ClF3N2O2/c1-10(2)23-16(25)11-3-5-12(6-4-11)17(26)24-13-7-8-15(19)14(9-13)18(20,21)22/h3-10H,1-2H3,(H,23,25)(H,24,26). The van der Waals surface area contributed by atoms with E-state index in [4.69, 9.17) is 11.6 Å². The molecule has 0 heterocycles. The molecule has 0 aliphatic carbocycles. The molecule has 0 aromatic heterocycles. The van der Waals surface area contributed by atoms with Gasteiger partial charge in [-0.15, -0.1) is 0 Å². The first-order chi connectivity index (χ1) is 12.1. The highest BCUT2D eigenvalue weighted by atomic mass is 35.5. The van der Waals surface area contributed by atoms with Crippen molar-refractivity contribution in [1.82, 2.24) is 5.32 Å². The predicted octanol–water partition coefficient (Wildman–Crippen LogP) is 4.75. The van der Waals surface area contributed by atoms with Gasteiger partial charge in [-0.05, 0) is 56.3 Å². The molecule has 0 bridgehead atoms. The average molecular weight is 385 g/mol. The number of benzene rings is 2. The van der Waals surface area contributed by atoms with E-state index in [1.54, 1.807) is 0 Å². The summed E-state index contributed by atoms with van der Waals surface area (Å²) in [6.45, 7) is 3.64. The zero-order valence-electron chi connectivity index (χ0n) is 13.9. The lowest BCUT2D eigenvalue weighted by Crippen LogP contribution is -2.30. The summed E-state index contributed by atoms with van der Waals surface area (Å²) in [5, 5.41) is 4.65. The topological polar surface area (TPSA) is 58.2 Å². The molecule has 8 heteroatoms. The predicted molar refractivity (Wildman–Crippen MR) is 93.5 cm³/mol. The third-order valence-corrected chi connectivity index (χ3v) is 3.69. The molecule has 0 saturated heterocycles. The molecule has 0 aliphatic heterocycles. The van der Waals surface area contributed by atoms with Crippen molar-refractivity contribution in [3.8, 4) is 0 Å². The van der Waals surface area contributed by atoms with E-state index in [0.29, 0.717) is 5.56 Å². The summed E-state index contributed by atoms with van der Waals surface area (Å²) < 4.78 is 38.6. The Labute approximate surface area is 153 Å². The van der Waals surface area contributed by atoms with Crippen molar-refractivity contribution in [3.05, 3.63) is 64.2 Å². The van der Waals surface area contributed by atoms with Gasteiger partial charge in [-0.3, -0.25) is 9.59 Å². The molecule has 0 fully saturated rings. The van der Waals surface area contributed by atoms with Gasteiger partial charge in [-0.2, -0.15) is 13.2 Å². The van der Waals surface area contributed by atoms with Crippen LogP contribution in [-0.4, -0.2) is 17.9 Å². The van der Waals surface area contributed by atoms with E-state index >= 15 is 0 Å². The lowest BCUT2D eigenvalue weighted by Gasteiger charge is -2.12. The quantitative estimate of drug-likeness (QED) is 0.799. The molecule has 4 nitrogen and oxygen atoms in total. The lowest BCUT2D eigenvalue weighted by molar-refractivity contribution is -0.137. The van der Waals surface area contributed by atoms with Crippen molar-refractivity contribution in [3.63, 3.8) is 0 Å². The molecule has 2 aromatic rings. The fourth-order valence-corrected chi connectivity index (χ4v) is 2.37. The SMILES string of the molecule is CC(C)NC(=O)c1ccc(C(=O)Nc2ccc(Cl)c(C(F)(F)F)c2)cc1. The second-order valence-corrected chi connectivity index (χ2v) is 6.26. The monoisotopic (exact) mass is 384 g/mol. The zero-order chi connectivity index (χ0) is 19.5. The number of alkyl halides is 3. The molecule has 0 atom stereocenters. The number of amides is 2. The van der Waals surface area contributed by atoms with Gasteiger partial charge in [-0.1, -0.05) is 11.6 Å². The van der Waals surface area contributed by atoms with Crippen molar-refractivity contribution in [2.24, 2.45) is 0 Å². The largest absolute Gasteiger partial charge is 0.417 e. The molecule has 26 heavy (non-hydrogen) atoms. The number of halogens is 4. The van der Waals surface area contributed by atoms with Crippen molar-refractivity contribution in [1.29, 1.82) is 0 Å². The highest BCUT2D eigenvalue weighted by Crippen LogP contribution is 2.36. The number of hydrogen-bond acceptors (Lipinski definition) is 2. The van der Waals surface area contributed by atoms with E-state index < -0.39 is 22.7 Å². The van der Waals surface area contributed by atoms with E-state index in [-0.39, 0.29) is 23.2 Å². The summed E-state index contributed by atoms with van der Waals surface area (Å²) in [5.41, 5.74) is -0.485. The average Bonchev–Trinajstić information content (AvgIpc) is 2.55. The van der Waals surface area contributed by atoms with Gasteiger partial charge in [0.05, 0.1) is 10.6 Å². The molecule has 0 spiro atoms. The number of carbonyl (C=O) groups excluding carboxylic acids is 2. The van der Waals surface area contributed by atoms with Crippen LogP contribution in [0.15, 0.2) is 42.5 Å². The van der Waals surface area contributed by atoms with Crippen LogP contribution in [0.4, 0.5) is 18.9 Å². The van der Waals surface area contributed by atoms with Crippen LogP contribution < -0.4 is 10.6 Å². The van der Waals surface area contributed by atoms with Crippen LogP contribution in [0.5, 0.6) is 0 Å². The van der Waals surface area contributed by atoms with Crippen LogP contribution in [-0.2, 0) is 6.18 Å². The van der Waals surface area contributed by atoms with Crippen molar-refractivity contribution in [2.75, 3.05) is 5.32 Å². The van der Waals surface area contributed by atoms with Crippen molar-refractivity contribution >= 4 is 29.1 Å². The van der Waals surface area contributed by atoms with Crippen LogP contribution in [0.3, 0.4) is 0 Å². The highest BCUT2D eigenvalue weighted by Gasteiger charge is 2.33. The first-order valence-corrected chi connectivity index (χ1v) is 8.04. The summed E-state index contributed by atoms with van der Waals surface area (Å²) >= 11 is 5.55. The zero-order valence-corrected chi connectivity index (χ0v) is 14.7. The molecule has 2 amide bonds. The van der Waals surface area contributed by atoms with Gasteiger partial charge in [-0.25, -0.2) is 0 Å². The summed E-state index contributed by atoms with van der Waals surface area (Å²) in [7, 11) is 0. The molecular formula is C18H16ClF3N2O2. The molecular weight excluding hydrogens is 369 g/mol. The van der Waals surface area contributed by atoms with Gasteiger partial charge < -0.3 is 10.6 Å². The fraction of sp³-hybridized carbons (Fsp3) is 0.222. The summed E-state index contributed by atoms with van der Waals surface area (Å²) in [4.78, 5) is 24.1. The van der Waals surface area contributed by atoms with Crippen molar-refractivity contribution < 1.29 is 22.8 Å². The smallest absolute Gasteiger partial charge is 0.350 e. The first kappa shape index (κ1) is 19.8.